The number of hydrogen-bond donors (Lipinski definition) is 0. The number of halogens is 1. The van der Waals surface area contributed by atoms with Gasteiger partial charge in [-0.1, -0.05) is 23.7 Å². The van der Waals surface area contributed by atoms with Crippen molar-refractivity contribution >= 4 is 17.4 Å². The molecule has 2 nitrogen and oxygen atoms in total. The monoisotopic (exact) mass is 222 g/mol. The molecule has 1 heterocycles. The van der Waals surface area contributed by atoms with Crippen molar-refractivity contribution in [2.75, 3.05) is 0 Å². The zero-order valence-electron chi connectivity index (χ0n) is 8.37. The number of allylic oxidation sites excluding steroid dienone is 2. The van der Waals surface area contributed by atoms with E-state index in [1.807, 2.05) is 12.1 Å². The molecule has 3 heteroatoms. The molecule has 1 aliphatic rings. The maximum atomic E-state index is 11.3. The van der Waals surface area contributed by atoms with Crippen LogP contribution < -0.4 is 0 Å². The van der Waals surface area contributed by atoms with Crippen molar-refractivity contribution in [3.05, 3.63) is 46.7 Å². The Balaban J connectivity index is 2.22. The third kappa shape index (κ3) is 2.39. The molecule has 1 aromatic carbocycles. The summed E-state index contributed by atoms with van der Waals surface area (Å²) in [6, 6.07) is 7.38. The average Bonchev–Trinajstić information content (AvgIpc) is 2.17. The smallest absolute Gasteiger partial charge is 0.163 e. The van der Waals surface area contributed by atoms with Gasteiger partial charge < -0.3 is 4.74 Å². The Kier molecular flexibility index (Phi) is 2.78. The Morgan fingerprint density at radius 3 is 2.60 bits per heavy atom. The number of hydrogen-bond acceptors (Lipinski definition) is 2. The normalized spacial score (nSPS) is 20.8. The number of benzene rings is 1. The number of ether oxygens (including phenoxy) is 1. The van der Waals surface area contributed by atoms with Gasteiger partial charge in [-0.2, -0.15) is 0 Å². The second-order valence-electron chi connectivity index (χ2n) is 3.58. The molecule has 0 N–H and O–H groups in total. The van der Waals surface area contributed by atoms with Gasteiger partial charge in [0.25, 0.3) is 0 Å². The molecule has 0 bridgehead atoms. The Bertz CT molecular complexity index is 406. The highest BCUT2D eigenvalue weighted by atomic mass is 35.5. The fourth-order valence-electron chi connectivity index (χ4n) is 1.63. The quantitative estimate of drug-likeness (QED) is 0.729. The predicted molar refractivity (Wildman–Crippen MR) is 58.7 cm³/mol. The van der Waals surface area contributed by atoms with E-state index < -0.39 is 0 Å². The topological polar surface area (TPSA) is 26.3 Å². The maximum absolute atomic E-state index is 11.3. The van der Waals surface area contributed by atoms with Gasteiger partial charge in [0.15, 0.2) is 5.78 Å². The highest BCUT2D eigenvalue weighted by molar-refractivity contribution is 6.30. The lowest BCUT2D eigenvalue weighted by molar-refractivity contribution is -0.118. The van der Waals surface area contributed by atoms with E-state index in [4.69, 9.17) is 16.3 Å². The van der Waals surface area contributed by atoms with Gasteiger partial charge in [-0.15, -0.1) is 0 Å². The minimum Gasteiger partial charge on any atom is -0.490 e. The second-order valence-corrected chi connectivity index (χ2v) is 4.02. The van der Waals surface area contributed by atoms with E-state index in [9.17, 15) is 4.79 Å². The molecule has 0 spiro atoms. The Hall–Kier alpha value is -1.28. The first-order chi connectivity index (χ1) is 7.15. The summed E-state index contributed by atoms with van der Waals surface area (Å²) in [6.45, 7) is 1.79. The predicted octanol–water partition coefficient (Wildman–Crippen LogP) is 3.27. The Morgan fingerprint density at radius 1 is 1.33 bits per heavy atom. The van der Waals surface area contributed by atoms with E-state index in [2.05, 4.69) is 0 Å². The van der Waals surface area contributed by atoms with Crippen molar-refractivity contribution in [3.8, 4) is 0 Å². The van der Waals surface area contributed by atoms with Crippen LogP contribution in [0, 0.1) is 0 Å². The van der Waals surface area contributed by atoms with E-state index >= 15 is 0 Å². The lowest BCUT2D eigenvalue weighted by atomic mass is 10.0. The van der Waals surface area contributed by atoms with Gasteiger partial charge in [-0.25, -0.2) is 0 Å². The summed E-state index contributed by atoms with van der Waals surface area (Å²) >= 11 is 5.79. The molecule has 0 unspecified atom stereocenters. The van der Waals surface area contributed by atoms with Crippen LogP contribution in [-0.4, -0.2) is 5.78 Å². The minimum absolute atomic E-state index is 0.110. The number of rotatable bonds is 1. The highest BCUT2D eigenvalue weighted by Crippen LogP contribution is 2.28. The molecule has 0 radical (unpaired) electrons. The van der Waals surface area contributed by atoms with E-state index in [-0.39, 0.29) is 11.9 Å². The van der Waals surface area contributed by atoms with E-state index in [0.29, 0.717) is 17.2 Å². The third-order valence-corrected chi connectivity index (χ3v) is 2.57. The summed E-state index contributed by atoms with van der Waals surface area (Å²) < 4.78 is 5.58. The van der Waals surface area contributed by atoms with Crippen molar-refractivity contribution in [3.63, 3.8) is 0 Å². The molecule has 1 aromatic rings. The number of ketones is 1. The van der Waals surface area contributed by atoms with Gasteiger partial charge in [0, 0.05) is 11.1 Å². The van der Waals surface area contributed by atoms with Gasteiger partial charge in [0.1, 0.15) is 6.10 Å². The van der Waals surface area contributed by atoms with Gasteiger partial charge >= 0.3 is 0 Å². The van der Waals surface area contributed by atoms with Crippen molar-refractivity contribution in [2.24, 2.45) is 0 Å². The first kappa shape index (κ1) is 10.2. The fourth-order valence-corrected chi connectivity index (χ4v) is 1.76. The summed E-state index contributed by atoms with van der Waals surface area (Å²) in [7, 11) is 0. The van der Waals surface area contributed by atoms with Crippen LogP contribution >= 0.6 is 11.6 Å². The zero-order valence-corrected chi connectivity index (χ0v) is 9.12. The largest absolute Gasteiger partial charge is 0.490 e. The van der Waals surface area contributed by atoms with E-state index in [0.717, 1.165) is 5.56 Å². The second kappa shape index (κ2) is 4.07. The standard InChI is InChI=1S/C12H11ClO2/c1-8-6-11(14)7-12(15-8)9-2-4-10(13)5-3-9/h2-6,12H,7H2,1H3/t12-/m1/s1. The van der Waals surface area contributed by atoms with Crippen molar-refractivity contribution in [2.45, 2.75) is 19.4 Å². The van der Waals surface area contributed by atoms with Gasteiger partial charge in [0.05, 0.1) is 12.2 Å². The molecular formula is C12H11ClO2. The molecule has 0 saturated carbocycles. The van der Waals surface area contributed by atoms with Gasteiger partial charge in [0.2, 0.25) is 0 Å². The van der Waals surface area contributed by atoms with E-state index in [1.165, 1.54) is 6.08 Å². The molecule has 0 aromatic heterocycles. The molecule has 1 aliphatic heterocycles. The molecule has 0 saturated heterocycles. The minimum atomic E-state index is -0.167. The summed E-state index contributed by atoms with van der Waals surface area (Å²) in [5.74, 6) is 0.782. The van der Waals surface area contributed by atoms with Gasteiger partial charge in [-0.3, -0.25) is 4.79 Å². The van der Waals surface area contributed by atoms with Crippen molar-refractivity contribution in [1.29, 1.82) is 0 Å². The van der Waals surface area contributed by atoms with Crippen LogP contribution in [0.15, 0.2) is 36.1 Å². The molecule has 1 atom stereocenters. The summed E-state index contributed by atoms with van der Waals surface area (Å²) in [5, 5.41) is 0.688. The molecule has 0 fully saturated rings. The molecule has 78 valence electrons. The van der Waals surface area contributed by atoms with Crippen LogP contribution in [0.25, 0.3) is 0 Å². The van der Waals surface area contributed by atoms with Crippen molar-refractivity contribution < 1.29 is 9.53 Å². The molecular weight excluding hydrogens is 212 g/mol. The molecule has 0 aliphatic carbocycles. The number of carbonyl (C=O) groups excluding carboxylic acids is 1. The van der Waals surface area contributed by atoms with Crippen LogP contribution in [-0.2, 0) is 9.53 Å². The highest BCUT2D eigenvalue weighted by Gasteiger charge is 2.21. The summed E-state index contributed by atoms with van der Waals surface area (Å²) in [5.41, 5.74) is 0.986. The lowest BCUT2D eigenvalue weighted by Crippen LogP contribution is -2.14. The van der Waals surface area contributed by atoms with E-state index in [1.54, 1.807) is 19.1 Å². The van der Waals surface area contributed by atoms with Crippen LogP contribution in [0.2, 0.25) is 5.02 Å². The van der Waals surface area contributed by atoms with Crippen LogP contribution in [0.4, 0.5) is 0 Å². The summed E-state index contributed by atoms with van der Waals surface area (Å²) in [4.78, 5) is 11.3. The zero-order chi connectivity index (χ0) is 10.8. The van der Waals surface area contributed by atoms with Crippen LogP contribution in [0.1, 0.15) is 25.0 Å². The van der Waals surface area contributed by atoms with Crippen LogP contribution in [0.5, 0.6) is 0 Å². The molecule has 2 rings (SSSR count). The Morgan fingerprint density at radius 2 is 2.00 bits per heavy atom. The molecule has 0 amide bonds. The van der Waals surface area contributed by atoms with Crippen LogP contribution in [0.3, 0.4) is 0 Å². The lowest BCUT2D eigenvalue weighted by Gasteiger charge is -2.22. The fraction of sp³-hybridized carbons (Fsp3) is 0.250. The average molecular weight is 223 g/mol. The molecule has 15 heavy (non-hydrogen) atoms. The first-order valence-corrected chi connectivity index (χ1v) is 5.16. The third-order valence-electron chi connectivity index (χ3n) is 2.32. The Labute approximate surface area is 93.5 Å². The first-order valence-electron chi connectivity index (χ1n) is 4.78. The maximum Gasteiger partial charge on any atom is 0.163 e. The number of carbonyl (C=O) groups is 1. The summed E-state index contributed by atoms with van der Waals surface area (Å²) in [6.07, 6.45) is 1.77. The van der Waals surface area contributed by atoms with Gasteiger partial charge in [-0.05, 0) is 24.6 Å². The SMILES string of the molecule is CC1=CC(=O)C[C@H](c2ccc(Cl)cc2)O1. The van der Waals surface area contributed by atoms with Crippen molar-refractivity contribution in [1.82, 2.24) is 0 Å².